The Morgan fingerprint density at radius 1 is 1.12 bits per heavy atom. The third-order valence-electron chi connectivity index (χ3n) is 4.42. The maximum Gasteiger partial charge on any atom is 0.330 e. The molecule has 0 saturated carbocycles. The minimum absolute atomic E-state index is 0.298. The van der Waals surface area contributed by atoms with Gasteiger partial charge in [0.05, 0.1) is 0 Å². The van der Waals surface area contributed by atoms with E-state index in [0.717, 1.165) is 25.3 Å². The van der Waals surface area contributed by atoms with Crippen molar-refractivity contribution in [3.8, 4) is 5.75 Å². The Morgan fingerprint density at radius 2 is 1.88 bits per heavy atom. The minimum Gasteiger partial charge on any atom is -0.460 e. The van der Waals surface area contributed by atoms with Crippen LogP contribution in [0.4, 0.5) is 0 Å². The number of nitrogens with zero attached hydrogens (tertiary/aromatic N) is 2. The molecule has 12 nitrogen and oxygen atoms in total. The minimum atomic E-state index is -1.45. The number of hydrogen-bond donors (Lipinski definition) is 0. The van der Waals surface area contributed by atoms with Crippen LogP contribution in [0.1, 0.15) is 37.7 Å². The Labute approximate surface area is 202 Å². The summed E-state index contributed by atoms with van der Waals surface area (Å²) in [4.78, 5) is 52.5. The topological polar surface area (TPSA) is 157 Å². The van der Waals surface area contributed by atoms with Gasteiger partial charge in [-0.2, -0.15) is 0 Å². The van der Waals surface area contributed by atoms with Gasteiger partial charge in [0, 0.05) is 23.5 Å². The highest BCUT2D eigenvalue weighted by molar-refractivity contribution is 8.77. The number of hydrogen-bond acceptors (Lipinski definition) is 12. The number of ether oxygens (including phenoxy) is 2. The van der Waals surface area contributed by atoms with Crippen LogP contribution >= 0.6 is 21.6 Å². The van der Waals surface area contributed by atoms with Crippen LogP contribution in [0.25, 0.3) is 6.08 Å². The fraction of sp³-hybridized carbons (Fsp3) is 0.500. The summed E-state index contributed by atoms with van der Waals surface area (Å²) >= 11 is 0. The first-order valence-electron chi connectivity index (χ1n) is 10.3. The first-order chi connectivity index (χ1) is 16.3. The molecule has 1 heterocycles. The summed E-state index contributed by atoms with van der Waals surface area (Å²) in [6, 6.07) is 6.44. The van der Waals surface area contributed by atoms with Crippen LogP contribution in [0, 0.1) is 20.2 Å². The van der Waals surface area contributed by atoms with Gasteiger partial charge in [0.1, 0.15) is 19.0 Å². The Hall–Kier alpha value is -3.00. The lowest BCUT2D eigenvalue weighted by Gasteiger charge is -2.12. The number of esters is 2. The number of rotatable bonds is 15. The zero-order valence-electron chi connectivity index (χ0n) is 18.1. The lowest BCUT2D eigenvalue weighted by molar-refractivity contribution is -0.790. The fourth-order valence-corrected chi connectivity index (χ4v) is 5.83. The molecule has 2 rings (SSSR count). The van der Waals surface area contributed by atoms with Crippen molar-refractivity contribution in [2.24, 2.45) is 0 Å². The molecule has 0 N–H and O–H groups in total. The van der Waals surface area contributed by atoms with Gasteiger partial charge in [0.15, 0.2) is 6.10 Å². The van der Waals surface area contributed by atoms with Crippen LogP contribution in [0.3, 0.4) is 0 Å². The van der Waals surface area contributed by atoms with Crippen LogP contribution < -0.4 is 4.74 Å². The van der Waals surface area contributed by atoms with E-state index in [1.807, 2.05) is 21.6 Å². The van der Waals surface area contributed by atoms with E-state index in [-0.39, 0.29) is 5.97 Å². The Morgan fingerprint density at radius 3 is 2.53 bits per heavy atom. The van der Waals surface area contributed by atoms with Crippen molar-refractivity contribution in [2.75, 3.05) is 19.0 Å². The summed E-state index contributed by atoms with van der Waals surface area (Å²) in [7, 11) is 3.83. The molecular formula is C20H24N2O10S2. The molecule has 1 saturated heterocycles. The van der Waals surface area contributed by atoms with E-state index in [9.17, 15) is 29.8 Å². The highest BCUT2D eigenvalue weighted by atomic mass is 33.1. The van der Waals surface area contributed by atoms with Crippen LogP contribution in [-0.2, 0) is 24.0 Å². The molecule has 0 aromatic heterocycles. The van der Waals surface area contributed by atoms with E-state index in [0.29, 0.717) is 23.0 Å². The van der Waals surface area contributed by atoms with Gasteiger partial charge >= 0.3 is 11.9 Å². The molecule has 186 valence electrons. The van der Waals surface area contributed by atoms with E-state index in [2.05, 4.69) is 9.68 Å². The third kappa shape index (κ3) is 11.7. The molecule has 14 heteroatoms. The highest BCUT2D eigenvalue weighted by Crippen LogP contribution is 2.39. The van der Waals surface area contributed by atoms with Crippen molar-refractivity contribution in [1.82, 2.24) is 0 Å². The second-order valence-corrected chi connectivity index (χ2v) is 9.84. The van der Waals surface area contributed by atoms with Gasteiger partial charge in [-0.15, -0.1) is 20.2 Å². The lowest BCUT2D eigenvalue weighted by atomic mass is 10.1. The molecule has 1 aromatic carbocycles. The summed E-state index contributed by atoms with van der Waals surface area (Å²) in [5, 5.41) is 19.0. The summed E-state index contributed by atoms with van der Waals surface area (Å²) in [5.41, 5.74) is 0.610. The normalized spacial score (nSPS) is 16.1. The SMILES string of the molecule is O=C(C=Cc1ccc(OC(=O)CCCC[C@@H]2CCSS2)cc1)OCC(CO[N+](=O)[O-])O[N+](=O)[O-]. The lowest BCUT2D eigenvalue weighted by Crippen LogP contribution is -2.30. The summed E-state index contributed by atoms with van der Waals surface area (Å²) in [6.07, 6.45) is 5.52. The Kier molecular flexibility index (Phi) is 12.0. The van der Waals surface area contributed by atoms with Gasteiger partial charge in [-0.1, -0.05) is 40.1 Å². The van der Waals surface area contributed by atoms with E-state index in [1.165, 1.54) is 18.2 Å². The number of benzene rings is 1. The first kappa shape index (κ1) is 27.2. The van der Waals surface area contributed by atoms with Crippen molar-refractivity contribution >= 4 is 39.6 Å². The number of carbonyl (C=O) groups is 2. The second kappa shape index (κ2) is 15.0. The fourth-order valence-electron chi connectivity index (χ4n) is 2.80. The molecule has 1 aliphatic heterocycles. The maximum atomic E-state index is 12.0. The maximum absolute atomic E-state index is 12.0. The standard InChI is InChI=1S/C20H24N2O10S2/c23-19(29-13-17(32-22(27)28)14-30-21(25)26)10-7-15-5-8-16(9-6-15)31-20(24)4-2-1-3-18-11-12-33-34-18/h5-10,17-18H,1-4,11-14H2/t17?,18-/m1/s1. The Balaban J connectivity index is 1.70. The third-order valence-corrected chi connectivity index (χ3v) is 7.43. The monoisotopic (exact) mass is 516 g/mol. The highest BCUT2D eigenvalue weighted by Gasteiger charge is 2.18. The quantitative estimate of drug-likeness (QED) is 0.0634. The van der Waals surface area contributed by atoms with E-state index >= 15 is 0 Å². The molecule has 1 fully saturated rings. The predicted molar refractivity (Wildman–Crippen MR) is 124 cm³/mol. The van der Waals surface area contributed by atoms with E-state index in [4.69, 9.17) is 9.47 Å². The molecule has 0 spiro atoms. The van der Waals surface area contributed by atoms with Crippen molar-refractivity contribution in [3.63, 3.8) is 0 Å². The largest absolute Gasteiger partial charge is 0.460 e. The van der Waals surface area contributed by atoms with Crippen LogP contribution in [0.2, 0.25) is 0 Å². The van der Waals surface area contributed by atoms with E-state index < -0.39 is 35.5 Å². The van der Waals surface area contributed by atoms with Crippen molar-refractivity contribution in [3.05, 3.63) is 56.1 Å². The van der Waals surface area contributed by atoms with Gasteiger partial charge < -0.3 is 19.1 Å². The first-order valence-corrected chi connectivity index (χ1v) is 12.7. The molecule has 34 heavy (non-hydrogen) atoms. The number of unbranched alkanes of at least 4 members (excludes halogenated alkanes) is 1. The van der Waals surface area contributed by atoms with Crippen molar-refractivity contribution < 1.29 is 38.9 Å². The molecule has 0 radical (unpaired) electrons. The van der Waals surface area contributed by atoms with Crippen LogP contribution in [0.5, 0.6) is 5.75 Å². The smallest absolute Gasteiger partial charge is 0.330 e. The molecule has 1 aromatic rings. The number of carbonyl (C=O) groups excluding carboxylic acids is 2. The van der Waals surface area contributed by atoms with Gasteiger partial charge in [-0.3, -0.25) is 4.79 Å². The molecule has 0 aliphatic carbocycles. The van der Waals surface area contributed by atoms with Crippen LogP contribution in [0.15, 0.2) is 30.3 Å². The van der Waals surface area contributed by atoms with Gasteiger partial charge in [0.25, 0.3) is 10.2 Å². The van der Waals surface area contributed by atoms with Crippen LogP contribution in [-0.4, -0.2) is 52.4 Å². The summed E-state index contributed by atoms with van der Waals surface area (Å²) < 4.78 is 10.1. The van der Waals surface area contributed by atoms with Gasteiger partial charge in [-0.25, -0.2) is 4.79 Å². The average molecular weight is 517 g/mol. The second-order valence-electron chi connectivity index (χ2n) is 7.05. The van der Waals surface area contributed by atoms with Crippen molar-refractivity contribution in [2.45, 2.75) is 43.5 Å². The zero-order chi connectivity index (χ0) is 24.8. The summed E-state index contributed by atoms with van der Waals surface area (Å²) in [6.45, 7) is -1.39. The van der Waals surface area contributed by atoms with Gasteiger partial charge in [-0.05, 0) is 43.0 Å². The molecule has 0 bridgehead atoms. The van der Waals surface area contributed by atoms with Gasteiger partial charge in [0.2, 0.25) is 0 Å². The van der Waals surface area contributed by atoms with Crippen molar-refractivity contribution in [1.29, 1.82) is 0 Å². The molecule has 1 unspecified atom stereocenters. The zero-order valence-corrected chi connectivity index (χ0v) is 19.7. The molecular weight excluding hydrogens is 492 g/mol. The Bertz CT molecular complexity index is 859. The molecule has 1 aliphatic rings. The average Bonchev–Trinajstić information content (AvgIpc) is 3.31. The molecule has 0 amide bonds. The van der Waals surface area contributed by atoms with E-state index in [1.54, 1.807) is 24.3 Å². The predicted octanol–water partition coefficient (Wildman–Crippen LogP) is 3.65. The molecule has 2 atom stereocenters. The summed E-state index contributed by atoms with van der Waals surface area (Å²) in [5.74, 6) is 0.443.